The highest BCUT2D eigenvalue weighted by Gasteiger charge is 2.32. The van der Waals surface area contributed by atoms with Gasteiger partial charge in [-0.05, 0) is 47.9 Å². The number of benzene rings is 2. The lowest BCUT2D eigenvalue weighted by atomic mass is 10.1. The molecule has 0 saturated carbocycles. The van der Waals surface area contributed by atoms with Crippen molar-refractivity contribution in [3.63, 3.8) is 0 Å². The number of nitrogens with zero attached hydrogens (tertiary/aromatic N) is 1. The van der Waals surface area contributed by atoms with Gasteiger partial charge in [-0.3, -0.25) is 14.5 Å². The average molecular weight is 487 g/mol. The van der Waals surface area contributed by atoms with Crippen molar-refractivity contribution in [2.24, 2.45) is 0 Å². The van der Waals surface area contributed by atoms with Crippen LogP contribution in [0.3, 0.4) is 0 Å². The molecule has 3 rings (SSSR count). The predicted octanol–water partition coefficient (Wildman–Crippen LogP) is 3.66. The molecule has 0 radical (unpaired) electrons. The molecule has 1 saturated heterocycles. The van der Waals surface area contributed by atoms with Gasteiger partial charge in [0.25, 0.3) is 5.91 Å². The zero-order chi connectivity index (χ0) is 23.8. The van der Waals surface area contributed by atoms with Crippen LogP contribution in [0.4, 0.5) is 0 Å². The summed E-state index contributed by atoms with van der Waals surface area (Å²) in [5.41, 5.74) is 1.90. The fourth-order valence-corrected chi connectivity index (χ4v) is 4.54. The first-order valence-electron chi connectivity index (χ1n) is 10.3. The number of nitrogens with one attached hydrogen (secondary N) is 1. The van der Waals surface area contributed by atoms with E-state index in [1.807, 2.05) is 42.5 Å². The Balaban J connectivity index is 1.48. The normalized spacial score (nSPS) is 14.5. The molecule has 0 aromatic heterocycles. The number of thioether (sulfide) groups is 1. The molecule has 2 aromatic carbocycles. The molecule has 1 aliphatic heterocycles. The van der Waals surface area contributed by atoms with E-state index in [1.54, 1.807) is 27.4 Å². The van der Waals surface area contributed by atoms with Gasteiger partial charge >= 0.3 is 0 Å². The van der Waals surface area contributed by atoms with E-state index in [0.29, 0.717) is 33.7 Å². The van der Waals surface area contributed by atoms with Crippen LogP contribution in [0.2, 0.25) is 0 Å². The molecule has 0 unspecified atom stereocenters. The number of hydrogen-bond acceptors (Lipinski definition) is 7. The van der Waals surface area contributed by atoms with E-state index >= 15 is 0 Å². The number of carbonyl (C=O) groups is 2. The third-order valence-corrected chi connectivity index (χ3v) is 6.41. The summed E-state index contributed by atoms with van der Waals surface area (Å²) >= 11 is 6.59. The fourth-order valence-electron chi connectivity index (χ4n) is 3.23. The molecular formula is C24H26N2O5S2. The van der Waals surface area contributed by atoms with Gasteiger partial charge in [-0.15, -0.1) is 0 Å². The van der Waals surface area contributed by atoms with Crippen LogP contribution < -0.4 is 19.5 Å². The zero-order valence-corrected chi connectivity index (χ0v) is 20.4. The molecule has 33 heavy (non-hydrogen) atoms. The van der Waals surface area contributed by atoms with Gasteiger partial charge in [-0.25, -0.2) is 0 Å². The summed E-state index contributed by atoms with van der Waals surface area (Å²) in [5, 5.41) is 2.89. The van der Waals surface area contributed by atoms with Crippen molar-refractivity contribution < 1.29 is 23.8 Å². The number of rotatable bonds is 10. The largest absolute Gasteiger partial charge is 0.497 e. The molecule has 2 amide bonds. The number of amides is 2. The van der Waals surface area contributed by atoms with Crippen molar-refractivity contribution in [1.82, 2.24) is 10.2 Å². The van der Waals surface area contributed by atoms with Crippen molar-refractivity contribution in [3.8, 4) is 17.2 Å². The van der Waals surface area contributed by atoms with Crippen molar-refractivity contribution in [1.29, 1.82) is 0 Å². The SMILES string of the molecule is COc1ccc(C=C2SC(=S)N(CCC(=O)NCCc3ccc(OC)c(OC)c3)C2=O)cc1. The molecule has 1 heterocycles. The molecule has 7 nitrogen and oxygen atoms in total. The van der Waals surface area contributed by atoms with Gasteiger partial charge in [0.2, 0.25) is 5.91 Å². The Labute approximate surface area is 203 Å². The number of methoxy groups -OCH3 is 3. The first kappa shape index (κ1) is 24.6. The second kappa shape index (κ2) is 11.7. The van der Waals surface area contributed by atoms with E-state index in [0.717, 1.165) is 16.9 Å². The Kier molecular flexibility index (Phi) is 8.73. The third-order valence-electron chi connectivity index (χ3n) is 5.03. The molecule has 2 aromatic rings. The Morgan fingerprint density at radius 1 is 1.06 bits per heavy atom. The van der Waals surface area contributed by atoms with Crippen LogP contribution in [0.1, 0.15) is 17.5 Å². The Morgan fingerprint density at radius 2 is 1.79 bits per heavy atom. The van der Waals surface area contributed by atoms with E-state index in [1.165, 1.54) is 16.7 Å². The lowest BCUT2D eigenvalue weighted by Crippen LogP contribution is -2.34. The molecule has 1 fully saturated rings. The number of thiocarbonyl (C=S) groups is 1. The summed E-state index contributed by atoms with van der Waals surface area (Å²) in [6, 6.07) is 13.1. The van der Waals surface area contributed by atoms with Gasteiger partial charge in [-0.2, -0.15) is 0 Å². The lowest BCUT2D eigenvalue weighted by Gasteiger charge is -2.14. The van der Waals surface area contributed by atoms with Gasteiger partial charge in [0.1, 0.15) is 10.1 Å². The highest BCUT2D eigenvalue weighted by Crippen LogP contribution is 2.33. The quantitative estimate of drug-likeness (QED) is 0.406. The second-order valence-electron chi connectivity index (χ2n) is 7.15. The van der Waals surface area contributed by atoms with Crippen LogP contribution in [0.5, 0.6) is 17.2 Å². The Morgan fingerprint density at radius 3 is 2.45 bits per heavy atom. The maximum atomic E-state index is 12.7. The van der Waals surface area contributed by atoms with E-state index in [4.69, 9.17) is 26.4 Å². The minimum atomic E-state index is -0.182. The monoisotopic (exact) mass is 486 g/mol. The summed E-state index contributed by atoms with van der Waals surface area (Å²) in [5.74, 6) is 1.74. The summed E-state index contributed by atoms with van der Waals surface area (Å²) in [6.07, 6.45) is 2.62. The van der Waals surface area contributed by atoms with Gasteiger partial charge in [0, 0.05) is 19.5 Å². The predicted molar refractivity (Wildman–Crippen MR) is 134 cm³/mol. The average Bonchev–Trinajstić information content (AvgIpc) is 3.10. The summed E-state index contributed by atoms with van der Waals surface area (Å²) in [6.45, 7) is 0.719. The summed E-state index contributed by atoms with van der Waals surface area (Å²) in [7, 11) is 4.78. The first-order chi connectivity index (χ1) is 15.9. The van der Waals surface area contributed by atoms with Crippen LogP contribution in [0, 0.1) is 0 Å². The van der Waals surface area contributed by atoms with Gasteiger partial charge < -0.3 is 19.5 Å². The van der Waals surface area contributed by atoms with E-state index in [2.05, 4.69) is 5.32 Å². The maximum absolute atomic E-state index is 12.7. The van der Waals surface area contributed by atoms with E-state index in [9.17, 15) is 9.59 Å². The highest BCUT2D eigenvalue weighted by molar-refractivity contribution is 8.26. The lowest BCUT2D eigenvalue weighted by molar-refractivity contribution is -0.123. The third kappa shape index (κ3) is 6.49. The molecule has 0 bridgehead atoms. The van der Waals surface area contributed by atoms with Crippen LogP contribution in [0.25, 0.3) is 6.08 Å². The number of ether oxygens (including phenoxy) is 3. The zero-order valence-electron chi connectivity index (χ0n) is 18.8. The molecule has 1 aliphatic rings. The molecule has 0 aliphatic carbocycles. The molecule has 9 heteroatoms. The van der Waals surface area contributed by atoms with Crippen LogP contribution in [-0.2, 0) is 16.0 Å². The van der Waals surface area contributed by atoms with Crippen molar-refractivity contribution in [3.05, 3.63) is 58.5 Å². The Bertz CT molecular complexity index is 1050. The van der Waals surface area contributed by atoms with Gasteiger partial charge in [0.15, 0.2) is 11.5 Å². The van der Waals surface area contributed by atoms with Crippen molar-refractivity contribution >= 4 is 46.2 Å². The maximum Gasteiger partial charge on any atom is 0.266 e. The fraction of sp³-hybridized carbons (Fsp3) is 0.292. The molecule has 1 N–H and O–H groups in total. The highest BCUT2D eigenvalue weighted by atomic mass is 32.2. The Hall–Kier alpha value is -3.04. The molecule has 174 valence electrons. The number of hydrogen-bond donors (Lipinski definition) is 1. The van der Waals surface area contributed by atoms with E-state index < -0.39 is 0 Å². The summed E-state index contributed by atoms with van der Waals surface area (Å²) < 4.78 is 16.1. The summed E-state index contributed by atoms with van der Waals surface area (Å²) in [4.78, 5) is 27.0. The van der Waals surface area contributed by atoms with Crippen LogP contribution in [0.15, 0.2) is 47.4 Å². The van der Waals surface area contributed by atoms with Gasteiger partial charge in [-0.1, -0.05) is 42.2 Å². The molecular weight excluding hydrogens is 460 g/mol. The smallest absolute Gasteiger partial charge is 0.266 e. The minimum Gasteiger partial charge on any atom is -0.497 e. The van der Waals surface area contributed by atoms with Crippen molar-refractivity contribution in [2.45, 2.75) is 12.8 Å². The number of carbonyl (C=O) groups excluding carboxylic acids is 2. The second-order valence-corrected chi connectivity index (χ2v) is 8.82. The van der Waals surface area contributed by atoms with Crippen molar-refractivity contribution in [2.75, 3.05) is 34.4 Å². The van der Waals surface area contributed by atoms with Crippen LogP contribution in [-0.4, -0.2) is 55.5 Å². The standard InChI is InChI=1S/C24H26N2O5S2/c1-29-18-7-4-16(5-8-18)15-21-23(28)26(24(32)33-21)13-11-22(27)25-12-10-17-6-9-19(30-2)20(14-17)31-3/h4-9,14-15H,10-13H2,1-3H3,(H,25,27). The topological polar surface area (TPSA) is 77.1 Å². The minimum absolute atomic E-state index is 0.135. The van der Waals surface area contributed by atoms with Crippen LogP contribution >= 0.6 is 24.0 Å². The molecule has 0 spiro atoms. The first-order valence-corrected chi connectivity index (χ1v) is 11.5. The van der Waals surface area contributed by atoms with E-state index in [-0.39, 0.29) is 24.8 Å². The van der Waals surface area contributed by atoms with Gasteiger partial charge in [0.05, 0.1) is 26.2 Å². The molecule has 0 atom stereocenters.